The Morgan fingerprint density at radius 1 is 1.29 bits per heavy atom. The minimum atomic E-state index is -4.23. The van der Waals surface area contributed by atoms with Gasteiger partial charge in [-0.2, -0.15) is 13.2 Å². The summed E-state index contributed by atoms with van der Waals surface area (Å²) in [6, 6.07) is 1.65. The van der Waals surface area contributed by atoms with Crippen molar-refractivity contribution >= 4 is 28.9 Å². The molecule has 0 spiro atoms. The van der Waals surface area contributed by atoms with Gasteiger partial charge in [0.1, 0.15) is 5.69 Å². The molecule has 3 N–H and O–H groups in total. The maximum absolute atomic E-state index is 12.6. The average molecular weight is 366 g/mol. The van der Waals surface area contributed by atoms with Crippen molar-refractivity contribution < 1.29 is 22.9 Å². The maximum atomic E-state index is 12.6. The number of carbonyl (C=O) groups excluding carboxylic acids is 1. The maximum Gasteiger partial charge on any atom is 0.391 e. The van der Waals surface area contributed by atoms with Gasteiger partial charge in [0.05, 0.1) is 21.4 Å². The number of nitrogens with one attached hydrogen (secondary N) is 1. The highest BCUT2D eigenvalue weighted by atomic mass is 35.5. The minimum Gasteiger partial charge on any atom is -0.393 e. The largest absolute Gasteiger partial charge is 0.393 e. The number of nitro benzene ring substituents is 1. The van der Waals surface area contributed by atoms with Gasteiger partial charge in [0.25, 0.3) is 11.6 Å². The standard InChI is InChI=1S/C14H15ClF3N3O3/c15-10-6-11(19)12(21(23)24)5-9(10)13(22)20-8-3-1-7(2-4-8)14(16,17)18/h5-8H,1-4,19H2,(H,20,22)/t7-,8-. The third-order valence-corrected chi connectivity index (χ3v) is 4.40. The number of hydrogen-bond donors (Lipinski definition) is 2. The third-order valence-electron chi connectivity index (χ3n) is 4.08. The lowest BCUT2D eigenvalue weighted by atomic mass is 9.85. The summed E-state index contributed by atoms with van der Waals surface area (Å²) in [7, 11) is 0. The summed E-state index contributed by atoms with van der Waals surface area (Å²) in [5, 5.41) is 13.4. The monoisotopic (exact) mass is 365 g/mol. The average Bonchev–Trinajstić information content (AvgIpc) is 2.46. The molecule has 10 heteroatoms. The Morgan fingerprint density at radius 3 is 2.38 bits per heavy atom. The fourth-order valence-electron chi connectivity index (χ4n) is 2.74. The summed E-state index contributed by atoms with van der Waals surface area (Å²) in [6.45, 7) is 0. The van der Waals surface area contributed by atoms with E-state index in [0.717, 1.165) is 12.1 Å². The molecule has 24 heavy (non-hydrogen) atoms. The first-order chi connectivity index (χ1) is 11.1. The van der Waals surface area contributed by atoms with E-state index >= 15 is 0 Å². The predicted molar refractivity (Wildman–Crippen MR) is 81.8 cm³/mol. The van der Waals surface area contributed by atoms with E-state index in [1.54, 1.807) is 0 Å². The lowest BCUT2D eigenvalue weighted by Gasteiger charge is -2.30. The summed E-state index contributed by atoms with van der Waals surface area (Å²) in [6.07, 6.45) is -3.99. The fraction of sp³-hybridized carbons (Fsp3) is 0.500. The molecular weight excluding hydrogens is 351 g/mol. The number of amides is 1. The van der Waals surface area contributed by atoms with Crippen LogP contribution in [-0.2, 0) is 0 Å². The molecule has 1 aromatic carbocycles. The molecule has 0 aromatic heterocycles. The Hall–Kier alpha value is -2.03. The van der Waals surface area contributed by atoms with Crippen molar-refractivity contribution in [3.8, 4) is 0 Å². The zero-order chi connectivity index (χ0) is 18.1. The number of nitro groups is 1. The first-order valence-corrected chi connectivity index (χ1v) is 7.58. The second-order valence-corrected chi connectivity index (χ2v) is 6.12. The number of halogens is 4. The molecule has 0 heterocycles. The topological polar surface area (TPSA) is 98.3 Å². The van der Waals surface area contributed by atoms with Crippen LogP contribution in [0.5, 0.6) is 0 Å². The Labute approximate surface area is 140 Å². The highest BCUT2D eigenvalue weighted by Crippen LogP contribution is 2.37. The molecule has 1 saturated carbocycles. The van der Waals surface area contributed by atoms with Gasteiger partial charge in [-0.05, 0) is 31.7 Å². The molecule has 0 atom stereocenters. The van der Waals surface area contributed by atoms with Crippen LogP contribution < -0.4 is 11.1 Å². The van der Waals surface area contributed by atoms with Gasteiger partial charge < -0.3 is 11.1 Å². The first-order valence-electron chi connectivity index (χ1n) is 7.20. The Kier molecular flexibility index (Phi) is 5.22. The molecule has 132 valence electrons. The van der Waals surface area contributed by atoms with Crippen LogP contribution in [-0.4, -0.2) is 23.0 Å². The van der Waals surface area contributed by atoms with Crippen LogP contribution in [0.3, 0.4) is 0 Å². The quantitative estimate of drug-likeness (QED) is 0.485. The van der Waals surface area contributed by atoms with E-state index in [1.807, 2.05) is 0 Å². The molecule has 1 aliphatic rings. The van der Waals surface area contributed by atoms with Gasteiger partial charge in [-0.1, -0.05) is 11.6 Å². The zero-order valence-corrected chi connectivity index (χ0v) is 13.2. The van der Waals surface area contributed by atoms with Gasteiger partial charge in [-0.3, -0.25) is 14.9 Å². The van der Waals surface area contributed by atoms with Crippen LogP contribution in [0.15, 0.2) is 12.1 Å². The predicted octanol–water partition coefficient (Wildman–Crippen LogP) is 3.68. The number of rotatable bonds is 3. The van der Waals surface area contributed by atoms with Crippen LogP contribution in [0.25, 0.3) is 0 Å². The summed E-state index contributed by atoms with van der Waals surface area (Å²) in [5.41, 5.74) is 4.71. The smallest absolute Gasteiger partial charge is 0.391 e. The normalized spacial score (nSPS) is 21.3. The first kappa shape index (κ1) is 18.3. The van der Waals surface area contributed by atoms with Crippen molar-refractivity contribution in [3.05, 3.63) is 32.8 Å². The van der Waals surface area contributed by atoms with E-state index < -0.39 is 34.7 Å². The Balaban J connectivity index is 2.06. The molecule has 2 rings (SSSR count). The van der Waals surface area contributed by atoms with Crippen molar-refractivity contribution in [1.29, 1.82) is 0 Å². The lowest BCUT2D eigenvalue weighted by molar-refractivity contribution is -0.383. The molecule has 1 amide bonds. The summed E-state index contributed by atoms with van der Waals surface area (Å²) in [4.78, 5) is 22.4. The van der Waals surface area contributed by atoms with Gasteiger partial charge in [0.2, 0.25) is 0 Å². The van der Waals surface area contributed by atoms with E-state index in [1.165, 1.54) is 0 Å². The number of carbonyl (C=O) groups is 1. The third kappa shape index (κ3) is 4.08. The van der Waals surface area contributed by atoms with Crippen molar-refractivity contribution in [2.24, 2.45) is 5.92 Å². The van der Waals surface area contributed by atoms with E-state index in [4.69, 9.17) is 17.3 Å². The van der Waals surface area contributed by atoms with Crippen molar-refractivity contribution in [3.63, 3.8) is 0 Å². The minimum absolute atomic E-state index is 0.0559. The van der Waals surface area contributed by atoms with Crippen LogP contribution in [0, 0.1) is 16.0 Å². The van der Waals surface area contributed by atoms with Gasteiger partial charge in [-0.25, -0.2) is 0 Å². The van der Waals surface area contributed by atoms with E-state index in [9.17, 15) is 28.1 Å². The van der Waals surface area contributed by atoms with Crippen LogP contribution in [0.1, 0.15) is 36.0 Å². The number of benzene rings is 1. The zero-order valence-electron chi connectivity index (χ0n) is 12.4. The molecule has 1 aliphatic carbocycles. The van der Waals surface area contributed by atoms with E-state index in [2.05, 4.69) is 5.32 Å². The van der Waals surface area contributed by atoms with Gasteiger partial charge in [-0.15, -0.1) is 0 Å². The second kappa shape index (κ2) is 6.84. The lowest BCUT2D eigenvalue weighted by Crippen LogP contribution is -2.40. The summed E-state index contributed by atoms with van der Waals surface area (Å²) in [5.74, 6) is -2.02. The van der Waals surface area contributed by atoms with Crippen molar-refractivity contribution in [2.45, 2.75) is 37.9 Å². The molecule has 0 radical (unpaired) electrons. The van der Waals surface area contributed by atoms with Crippen molar-refractivity contribution in [1.82, 2.24) is 5.32 Å². The van der Waals surface area contributed by atoms with Crippen LogP contribution >= 0.6 is 11.6 Å². The molecule has 1 fully saturated rings. The highest BCUT2D eigenvalue weighted by molar-refractivity contribution is 6.34. The van der Waals surface area contributed by atoms with Gasteiger partial charge in [0.15, 0.2) is 0 Å². The van der Waals surface area contributed by atoms with Crippen LogP contribution in [0.4, 0.5) is 24.5 Å². The molecular formula is C14H15ClF3N3O3. The molecule has 0 unspecified atom stereocenters. The SMILES string of the molecule is Nc1cc(Cl)c(C(=O)N[C@H]2CC[C@H](C(F)(F)F)CC2)cc1[N+](=O)[O-]. The van der Waals surface area contributed by atoms with E-state index in [-0.39, 0.29) is 42.0 Å². The number of nitrogens with zero attached hydrogens (tertiary/aromatic N) is 1. The number of anilines is 1. The number of alkyl halides is 3. The summed E-state index contributed by atoms with van der Waals surface area (Å²) >= 11 is 5.89. The van der Waals surface area contributed by atoms with Crippen molar-refractivity contribution in [2.75, 3.05) is 5.73 Å². The number of nitrogen functional groups attached to an aromatic ring is 1. The summed E-state index contributed by atoms with van der Waals surface area (Å²) < 4.78 is 37.9. The Bertz CT molecular complexity index is 659. The molecule has 0 aliphatic heterocycles. The van der Waals surface area contributed by atoms with E-state index in [0.29, 0.717) is 0 Å². The fourth-order valence-corrected chi connectivity index (χ4v) is 3.00. The Morgan fingerprint density at radius 2 is 1.88 bits per heavy atom. The second-order valence-electron chi connectivity index (χ2n) is 5.71. The van der Waals surface area contributed by atoms with Gasteiger partial charge >= 0.3 is 6.18 Å². The van der Waals surface area contributed by atoms with Crippen LogP contribution in [0.2, 0.25) is 5.02 Å². The molecule has 0 saturated heterocycles. The molecule has 6 nitrogen and oxygen atoms in total. The van der Waals surface area contributed by atoms with Gasteiger partial charge in [0, 0.05) is 12.1 Å². The highest BCUT2D eigenvalue weighted by Gasteiger charge is 2.41. The molecule has 0 bridgehead atoms. The number of hydrogen-bond acceptors (Lipinski definition) is 4. The molecule has 1 aromatic rings. The number of nitrogens with two attached hydrogens (primary N) is 1.